The number of nitrogens with zero attached hydrogens (tertiary/aromatic N) is 2. The molecule has 2 atom stereocenters. The van der Waals surface area contributed by atoms with Gasteiger partial charge in [-0.3, -0.25) is 9.80 Å². The quantitative estimate of drug-likeness (QED) is 0.736. The molecule has 2 fully saturated rings. The van der Waals surface area contributed by atoms with Crippen LogP contribution in [0.4, 0.5) is 0 Å². The summed E-state index contributed by atoms with van der Waals surface area (Å²) in [6, 6.07) is 0.844. The molecule has 0 aromatic heterocycles. The van der Waals surface area contributed by atoms with Crippen molar-refractivity contribution >= 4 is 0 Å². The van der Waals surface area contributed by atoms with Gasteiger partial charge in [-0.15, -0.1) is 0 Å². The Morgan fingerprint density at radius 3 is 2.58 bits per heavy atom. The largest absolute Gasteiger partial charge is 0.394 e. The Kier molecular flexibility index (Phi) is 6.57. The van der Waals surface area contributed by atoms with Gasteiger partial charge >= 0.3 is 0 Å². The Hall–Kier alpha value is -0.160. The first-order chi connectivity index (χ1) is 9.29. The second-order valence-electron chi connectivity index (χ2n) is 6.14. The van der Waals surface area contributed by atoms with Crippen molar-refractivity contribution in [3.63, 3.8) is 0 Å². The third-order valence-corrected chi connectivity index (χ3v) is 4.62. The van der Waals surface area contributed by atoms with Crippen molar-refractivity contribution in [3.8, 4) is 0 Å². The van der Waals surface area contributed by atoms with Gasteiger partial charge in [-0.25, -0.2) is 0 Å². The van der Waals surface area contributed by atoms with Crippen LogP contribution in [0.2, 0.25) is 0 Å². The van der Waals surface area contributed by atoms with Gasteiger partial charge in [0.05, 0.1) is 19.8 Å². The molecule has 0 radical (unpaired) electrons. The van der Waals surface area contributed by atoms with E-state index in [1.165, 1.54) is 51.9 Å². The molecule has 1 saturated carbocycles. The van der Waals surface area contributed by atoms with Crippen molar-refractivity contribution in [3.05, 3.63) is 0 Å². The summed E-state index contributed by atoms with van der Waals surface area (Å²) in [6.45, 7) is 9.56. The lowest BCUT2D eigenvalue weighted by Crippen LogP contribution is -2.51. The van der Waals surface area contributed by atoms with E-state index in [-0.39, 0.29) is 6.61 Å². The van der Waals surface area contributed by atoms with Crippen LogP contribution in [0.25, 0.3) is 0 Å². The number of aliphatic hydroxyl groups is 1. The zero-order valence-corrected chi connectivity index (χ0v) is 12.4. The van der Waals surface area contributed by atoms with Crippen LogP contribution in [-0.2, 0) is 4.74 Å². The van der Waals surface area contributed by atoms with Crippen molar-refractivity contribution < 1.29 is 9.84 Å². The maximum Gasteiger partial charge on any atom is 0.0698 e. The standard InChI is InChI=1S/C15H30N2O2/c1-14-3-2-4-15(13-14)17-7-5-16(6-8-17)9-11-19-12-10-18/h14-15,18H,2-13H2,1H3/t14-,15-/m0/s1. The zero-order chi connectivity index (χ0) is 13.5. The van der Waals surface area contributed by atoms with Crippen LogP contribution < -0.4 is 0 Å². The summed E-state index contributed by atoms with van der Waals surface area (Å²) in [5, 5.41) is 8.66. The molecule has 1 heterocycles. The van der Waals surface area contributed by atoms with Gasteiger partial charge < -0.3 is 9.84 Å². The molecule has 0 aromatic rings. The Morgan fingerprint density at radius 2 is 1.89 bits per heavy atom. The smallest absolute Gasteiger partial charge is 0.0698 e. The van der Waals surface area contributed by atoms with Gasteiger partial charge in [0.2, 0.25) is 0 Å². The molecular formula is C15H30N2O2. The lowest BCUT2D eigenvalue weighted by molar-refractivity contribution is 0.0392. The summed E-state index contributed by atoms with van der Waals surface area (Å²) in [7, 11) is 0. The van der Waals surface area contributed by atoms with E-state index in [4.69, 9.17) is 9.84 Å². The molecule has 0 unspecified atom stereocenters. The predicted octanol–water partition coefficient (Wildman–Crippen LogP) is 1.19. The van der Waals surface area contributed by atoms with Crippen LogP contribution in [0.5, 0.6) is 0 Å². The highest BCUT2D eigenvalue weighted by Gasteiger charge is 2.27. The summed E-state index contributed by atoms with van der Waals surface area (Å²) in [5.41, 5.74) is 0. The molecule has 1 saturated heterocycles. The fraction of sp³-hybridized carbons (Fsp3) is 1.00. The summed E-state index contributed by atoms with van der Waals surface area (Å²) in [4.78, 5) is 5.20. The van der Waals surface area contributed by atoms with Gasteiger partial charge in [-0.05, 0) is 18.8 Å². The molecular weight excluding hydrogens is 240 g/mol. The van der Waals surface area contributed by atoms with E-state index in [0.29, 0.717) is 6.61 Å². The van der Waals surface area contributed by atoms with Gasteiger partial charge in [0.15, 0.2) is 0 Å². The molecule has 4 heteroatoms. The SMILES string of the molecule is C[C@H]1CCC[C@H](N2CCN(CCOCCO)CC2)C1. The summed E-state index contributed by atoms with van der Waals surface area (Å²) < 4.78 is 5.34. The van der Waals surface area contributed by atoms with E-state index < -0.39 is 0 Å². The van der Waals surface area contributed by atoms with Crippen LogP contribution in [0.1, 0.15) is 32.6 Å². The van der Waals surface area contributed by atoms with Crippen molar-refractivity contribution in [2.24, 2.45) is 5.92 Å². The number of hydrogen-bond acceptors (Lipinski definition) is 4. The van der Waals surface area contributed by atoms with Crippen LogP contribution in [-0.4, -0.2) is 73.5 Å². The van der Waals surface area contributed by atoms with Gasteiger partial charge in [0.1, 0.15) is 0 Å². The molecule has 2 rings (SSSR count). The summed E-state index contributed by atoms with van der Waals surface area (Å²) >= 11 is 0. The van der Waals surface area contributed by atoms with E-state index >= 15 is 0 Å². The highest BCUT2D eigenvalue weighted by atomic mass is 16.5. The molecule has 19 heavy (non-hydrogen) atoms. The zero-order valence-electron chi connectivity index (χ0n) is 12.4. The summed E-state index contributed by atoms with van der Waals surface area (Å²) in [6.07, 6.45) is 5.66. The van der Waals surface area contributed by atoms with Crippen LogP contribution >= 0.6 is 0 Å². The third kappa shape index (κ3) is 5.03. The monoisotopic (exact) mass is 270 g/mol. The molecule has 1 aliphatic carbocycles. The fourth-order valence-electron chi connectivity index (χ4n) is 3.45. The lowest BCUT2D eigenvalue weighted by Gasteiger charge is -2.42. The molecule has 0 bridgehead atoms. The number of rotatable bonds is 6. The minimum absolute atomic E-state index is 0.133. The first-order valence-corrected chi connectivity index (χ1v) is 7.94. The van der Waals surface area contributed by atoms with E-state index in [0.717, 1.165) is 25.1 Å². The Balaban J connectivity index is 1.62. The van der Waals surface area contributed by atoms with Crippen molar-refractivity contribution in [2.45, 2.75) is 38.6 Å². The highest BCUT2D eigenvalue weighted by molar-refractivity contribution is 4.82. The van der Waals surface area contributed by atoms with E-state index in [1.807, 2.05) is 0 Å². The number of piperazine rings is 1. The second kappa shape index (κ2) is 8.20. The average Bonchev–Trinajstić information content (AvgIpc) is 2.44. The minimum Gasteiger partial charge on any atom is -0.394 e. The van der Waals surface area contributed by atoms with Crippen LogP contribution in [0.15, 0.2) is 0 Å². The first-order valence-electron chi connectivity index (χ1n) is 7.94. The van der Waals surface area contributed by atoms with Gasteiger partial charge in [0, 0.05) is 38.8 Å². The van der Waals surface area contributed by atoms with Gasteiger partial charge in [-0.2, -0.15) is 0 Å². The average molecular weight is 270 g/mol. The fourth-order valence-corrected chi connectivity index (χ4v) is 3.45. The topological polar surface area (TPSA) is 35.9 Å². The highest BCUT2D eigenvalue weighted by Crippen LogP contribution is 2.27. The molecule has 0 amide bonds. The van der Waals surface area contributed by atoms with Crippen molar-refractivity contribution in [1.29, 1.82) is 0 Å². The minimum atomic E-state index is 0.133. The number of aliphatic hydroxyl groups excluding tert-OH is 1. The number of ether oxygens (including phenoxy) is 1. The molecule has 2 aliphatic rings. The number of hydrogen-bond donors (Lipinski definition) is 1. The van der Waals surface area contributed by atoms with Crippen molar-refractivity contribution in [2.75, 3.05) is 52.5 Å². The van der Waals surface area contributed by atoms with Gasteiger partial charge in [-0.1, -0.05) is 19.8 Å². The molecule has 0 spiro atoms. The van der Waals surface area contributed by atoms with Crippen molar-refractivity contribution in [1.82, 2.24) is 9.80 Å². The van der Waals surface area contributed by atoms with E-state index in [9.17, 15) is 0 Å². The van der Waals surface area contributed by atoms with E-state index in [1.54, 1.807) is 0 Å². The Bertz CT molecular complexity index is 242. The Morgan fingerprint density at radius 1 is 1.11 bits per heavy atom. The van der Waals surface area contributed by atoms with Crippen LogP contribution in [0.3, 0.4) is 0 Å². The van der Waals surface area contributed by atoms with Crippen LogP contribution in [0, 0.1) is 5.92 Å². The summed E-state index contributed by atoms with van der Waals surface area (Å²) in [5.74, 6) is 0.920. The predicted molar refractivity (Wildman–Crippen MR) is 77.3 cm³/mol. The maximum atomic E-state index is 8.66. The lowest BCUT2D eigenvalue weighted by atomic mass is 9.86. The first kappa shape index (κ1) is 15.2. The maximum absolute atomic E-state index is 8.66. The van der Waals surface area contributed by atoms with Gasteiger partial charge in [0.25, 0.3) is 0 Å². The third-order valence-electron chi connectivity index (χ3n) is 4.62. The molecule has 112 valence electrons. The van der Waals surface area contributed by atoms with E-state index in [2.05, 4.69) is 16.7 Å². The second-order valence-corrected chi connectivity index (χ2v) is 6.14. The Labute approximate surface area is 117 Å². The normalized spacial score (nSPS) is 30.6. The molecule has 0 aromatic carbocycles. The molecule has 1 N–H and O–H groups in total. The molecule has 4 nitrogen and oxygen atoms in total. The molecule has 1 aliphatic heterocycles.